The first kappa shape index (κ1) is 22.5. The van der Waals surface area contributed by atoms with Crippen LogP contribution in [-0.2, 0) is 4.74 Å². The number of anilines is 1. The normalized spacial score (nSPS) is 15.3. The molecule has 166 valence electrons. The van der Waals surface area contributed by atoms with Crippen LogP contribution in [0.1, 0.15) is 27.7 Å². The first-order valence-electron chi connectivity index (χ1n) is 9.77. The number of carbonyl (C=O) groups is 1. The number of hydrogen-bond acceptors (Lipinski definition) is 8. The molecule has 3 heterocycles. The van der Waals surface area contributed by atoms with E-state index in [9.17, 15) is 4.79 Å². The van der Waals surface area contributed by atoms with Crippen LogP contribution >= 0.6 is 11.6 Å². The molecule has 0 unspecified atom stereocenters. The molecule has 1 aliphatic rings. The van der Waals surface area contributed by atoms with Gasteiger partial charge in [-0.3, -0.25) is 9.98 Å². The Hall–Kier alpha value is -3.14. The lowest BCUT2D eigenvalue weighted by Gasteiger charge is -2.38. The van der Waals surface area contributed by atoms with E-state index in [0.29, 0.717) is 36.6 Å². The quantitative estimate of drug-likeness (QED) is 0.378. The van der Waals surface area contributed by atoms with E-state index < -0.39 is 5.60 Å². The van der Waals surface area contributed by atoms with E-state index in [4.69, 9.17) is 21.1 Å². The molecule has 0 atom stereocenters. The Morgan fingerprint density at radius 1 is 1.39 bits per heavy atom. The number of nitrogens with zero attached hydrogens (tertiary/aromatic N) is 5. The molecule has 1 amide bonds. The summed E-state index contributed by atoms with van der Waals surface area (Å²) in [5.41, 5.74) is 1.41. The number of allylic oxidation sites excluding steroid dienone is 1. The van der Waals surface area contributed by atoms with E-state index >= 15 is 0 Å². The highest BCUT2D eigenvalue weighted by molar-refractivity contribution is 6.28. The maximum absolute atomic E-state index is 12.0. The number of likely N-dealkylation sites (tertiary alicyclic amines) is 1. The number of H-pyrrole nitrogens is 1. The molecule has 2 N–H and O–H groups in total. The van der Waals surface area contributed by atoms with Crippen LogP contribution in [0.25, 0.3) is 11.2 Å². The van der Waals surface area contributed by atoms with Gasteiger partial charge in [0.15, 0.2) is 17.0 Å². The van der Waals surface area contributed by atoms with Gasteiger partial charge in [0.1, 0.15) is 11.7 Å². The molecule has 11 heteroatoms. The van der Waals surface area contributed by atoms with Crippen LogP contribution in [0.5, 0.6) is 6.01 Å². The first-order chi connectivity index (χ1) is 14.7. The minimum absolute atomic E-state index is 0.0790. The standard InChI is InChI=1S/C20H26ClN7O3/c1-6-12(7-8-22-5)9-23-15-14-16(26-17(21)25-15)27-18(24-14)30-13-10-28(11-13)19(29)31-20(2,3)4/h6-8,13H,5,9-11H2,1-4H3,(H2,23,24,25,26,27)/b8-7-,12-6+. The summed E-state index contributed by atoms with van der Waals surface area (Å²) in [6.45, 7) is 12.2. The third kappa shape index (κ3) is 5.94. The van der Waals surface area contributed by atoms with Gasteiger partial charge in [0.2, 0.25) is 5.28 Å². The number of ether oxygens (including phenoxy) is 2. The predicted molar refractivity (Wildman–Crippen MR) is 120 cm³/mol. The van der Waals surface area contributed by atoms with Crippen molar-refractivity contribution in [3.05, 3.63) is 29.2 Å². The SMILES string of the molecule is C=N/C=C\C(=C/C)CNc1nc(Cl)nc2[nH]c(OC3CN(C(=O)OC(C)(C)C)C3)nc12. The lowest BCUT2D eigenvalue weighted by Crippen LogP contribution is -2.57. The molecular weight excluding hydrogens is 422 g/mol. The number of fused-ring (bicyclic) bond motifs is 1. The summed E-state index contributed by atoms with van der Waals surface area (Å²) < 4.78 is 11.2. The van der Waals surface area contributed by atoms with Crippen molar-refractivity contribution in [2.75, 3.05) is 25.0 Å². The zero-order valence-electron chi connectivity index (χ0n) is 18.0. The number of carbonyl (C=O) groups excluding carboxylic acids is 1. The highest BCUT2D eigenvalue weighted by Crippen LogP contribution is 2.25. The van der Waals surface area contributed by atoms with Gasteiger partial charge >= 0.3 is 6.09 Å². The maximum Gasteiger partial charge on any atom is 0.410 e. The number of imidazole rings is 1. The molecule has 0 aliphatic carbocycles. The van der Waals surface area contributed by atoms with Gasteiger partial charge in [-0.2, -0.15) is 15.0 Å². The van der Waals surface area contributed by atoms with Crippen LogP contribution in [0, 0.1) is 0 Å². The summed E-state index contributed by atoms with van der Waals surface area (Å²) in [4.78, 5) is 33.2. The smallest absolute Gasteiger partial charge is 0.410 e. The minimum Gasteiger partial charge on any atom is -0.458 e. The molecule has 0 bridgehead atoms. The first-order valence-corrected chi connectivity index (χ1v) is 10.2. The second-order valence-electron chi connectivity index (χ2n) is 7.92. The van der Waals surface area contributed by atoms with Gasteiger partial charge < -0.3 is 19.7 Å². The van der Waals surface area contributed by atoms with Crippen molar-refractivity contribution >= 4 is 41.4 Å². The van der Waals surface area contributed by atoms with Crippen LogP contribution in [0.3, 0.4) is 0 Å². The Morgan fingerprint density at radius 2 is 2.13 bits per heavy atom. The van der Waals surface area contributed by atoms with E-state index in [-0.39, 0.29) is 23.5 Å². The Labute approximate surface area is 185 Å². The van der Waals surface area contributed by atoms with Crippen molar-refractivity contribution in [3.63, 3.8) is 0 Å². The van der Waals surface area contributed by atoms with E-state index in [0.717, 1.165) is 5.57 Å². The van der Waals surface area contributed by atoms with E-state index in [1.54, 1.807) is 11.1 Å². The molecule has 2 aromatic heterocycles. The van der Waals surface area contributed by atoms with Crippen molar-refractivity contribution in [1.29, 1.82) is 0 Å². The van der Waals surface area contributed by atoms with Gasteiger partial charge in [0.25, 0.3) is 6.01 Å². The van der Waals surface area contributed by atoms with Crippen LogP contribution in [-0.4, -0.2) is 69.0 Å². The average molecular weight is 448 g/mol. The topological polar surface area (TPSA) is 118 Å². The number of halogens is 1. The van der Waals surface area contributed by atoms with E-state index in [1.807, 2.05) is 39.8 Å². The molecule has 0 radical (unpaired) electrons. The second-order valence-corrected chi connectivity index (χ2v) is 8.26. The molecule has 2 aromatic rings. The molecule has 0 spiro atoms. The van der Waals surface area contributed by atoms with Crippen molar-refractivity contribution in [1.82, 2.24) is 24.8 Å². The summed E-state index contributed by atoms with van der Waals surface area (Å²) >= 11 is 6.06. The van der Waals surface area contributed by atoms with Gasteiger partial charge in [-0.05, 0) is 57.7 Å². The number of aromatic nitrogens is 4. The average Bonchev–Trinajstić information content (AvgIpc) is 3.05. The van der Waals surface area contributed by atoms with Gasteiger partial charge in [-0.15, -0.1) is 0 Å². The van der Waals surface area contributed by atoms with Crippen LogP contribution in [0.2, 0.25) is 5.28 Å². The third-order valence-corrected chi connectivity index (χ3v) is 4.47. The van der Waals surface area contributed by atoms with Gasteiger partial charge in [0.05, 0.1) is 13.1 Å². The Kier molecular flexibility index (Phi) is 6.79. The number of aromatic amines is 1. The van der Waals surface area contributed by atoms with Crippen LogP contribution in [0.4, 0.5) is 10.6 Å². The summed E-state index contributed by atoms with van der Waals surface area (Å²) in [6.07, 6.45) is 4.84. The molecule has 1 saturated heterocycles. The minimum atomic E-state index is -0.534. The van der Waals surface area contributed by atoms with E-state index in [2.05, 4.69) is 37.0 Å². The predicted octanol–water partition coefficient (Wildman–Crippen LogP) is 3.58. The summed E-state index contributed by atoms with van der Waals surface area (Å²) in [7, 11) is 0. The fraction of sp³-hybridized carbons (Fsp3) is 0.450. The second kappa shape index (κ2) is 9.34. The van der Waals surface area contributed by atoms with Gasteiger partial charge in [-0.25, -0.2) is 4.79 Å². The number of aliphatic imine (C=N–C) groups is 1. The largest absolute Gasteiger partial charge is 0.458 e. The van der Waals surface area contributed by atoms with Crippen molar-refractivity contribution in [3.8, 4) is 6.01 Å². The van der Waals surface area contributed by atoms with Crippen molar-refractivity contribution in [2.24, 2.45) is 4.99 Å². The molecule has 1 aliphatic heterocycles. The fourth-order valence-corrected chi connectivity index (χ4v) is 2.94. The summed E-state index contributed by atoms with van der Waals surface area (Å²) in [6, 6.07) is 0.283. The molecule has 0 aromatic carbocycles. The Bertz CT molecular complexity index is 1020. The number of hydrogen-bond donors (Lipinski definition) is 2. The Balaban J connectivity index is 1.65. The molecule has 1 fully saturated rings. The molecule has 0 saturated carbocycles. The highest BCUT2D eigenvalue weighted by atomic mass is 35.5. The zero-order valence-corrected chi connectivity index (χ0v) is 18.7. The lowest BCUT2D eigenvalue weighted by atomic mass is 10.2. The summed E-state index contributed by atoms with van der Waals surface area (Å²) in [5.74, 6) is 0.476. The molecule has 31 heavy (non-hydrogen) atoms. The molecular formula is C20H26ClN7O3. The highest BCUT2D eigenvalue weighted by Gasteiger charge is 2.35. The van der Waals surface area contributed by atoms with Gasteiger partial charge in [-0.1, -0.05) is 6.08 Å². The van der Waals surface area contributed by atoms with Gasteiger partial charge in [0, 0.05) is 12.7 Å². The molecule has 10 nitrogen and oxygen atoms in total. The van der Waals surface area contributed by atoms with E-state index in [1.165, 1.54) is 0 Å². The molecule has 3 rings (SSSR count). The maximum atomic E-state index is 12.0. The number of amides is 1. The van der Waals surface area contributed by atoms with Crippen molar-refractivity contribution in [2.45, 2.75) is 39.4 Å². The monoisotopic (exact) mass is 447 g/mol. The summed E-state index contributed by atoms with van der Waals surface area (Å²) in [5, 5.41) is 3.28. The third-order valence-electron chi connectivity index (χ3n) is 4.30. The number of rotatable bonds is 7. The van der Waals surface area contributed by atoms with Crippen LogP contribution < -0.4 is 10.1 Å². The lowest BCUT2D eigenvalue weighted by molar-refractivity contribution is -0.0241. The fourth-order valence-electron chi connectivity index (χ4n) is 2.77. The Morgan fingerprint density at radius 3 is 2.77 bits per heavy atom. The van der Waals surface area contributed by atoms with Crippen LogP contribution in [0.15, 0.2) is 28.9 Å². The van der Waals surface area contributed by atoms with Crippen molar-refractivity contribution < 1.29 is 14.3 Å². The zero-order chi connectivity index (χ0) is 22.6. The number of nitrogens with one attached hydrogen (secondary N) is 2.